The van der Waals surface area contributed by atoms with Gasteiger partial charge in [-0.2, -0.15) is 0 Å². The lowest BCUT2D eigenvalue weighted by Gasteiger charge is -2.20. The molecule has 2 heterocycles. The Kier molecular flexibility index (Phi) is 2.97. The third-order valence-corrected chi connectivity index (χ3v) is 3.24. The molecule has 3 aromatic rings. The molecule has 0 N–H and O–H groups in total. The van der Waals surface area contributed by atoms with Gasteiger partial charge >= 0.3 is 6.09 Å². The van der Waals surface area contributed by atoms with Gasteiger partial charge in [-0.1, -0.05) is 18.2 Å². The largest absolute Gasteiger partial charge is 0.443 e. The van der Waals surface area contributed by atoms with Crippen LogP contribution in [-0.4, -0.2) is 21.2 Å². The number of aromatic nitrogens is 2. The van der Waals surface area contributed by atoms with Gasteiger partial charge in [-0.3, -0.25) is 0 Å². The van der Waals surface area contributed by atoms with E-state index in [0.29, 0.717) is 5.65 Å². The normalized spacial score (nSPS) is 12.0. The molecule has 4 nitrogen and oxygen atoms in total. The number of fused-ring (bicyclic) bond motifs is 3. The quantitative estimate of drug-likeness (QED) is 0.618. The second-order valence-corrected chi connectivity index (χ2v) is 6.16. The van der Waals surface area contributed by atoms with Crippen LogP contribution in [0.4, 0.5) is 4.79 Å². The van der Waals surface area contributed by atoms with Crippen molar-refractivity contribution in [1.82, 2.24) is 9.55 Å². The van der Waals surface area contributed by atoms with Crippen molar-refractivity contribution in [3.05, 3.63) is 42.1 Å². The van der Waals surface area contributed by atoms with Crippen LogP contribution in [0.2, 0.25) is 0 Å². The van der Waals surface area contributed by atoms with Gasteiger partial charge < -0.3 is 4.74 Å². The Hall–Kier alpha value is -2.36. The lowest BCUT2D eigenvalue weighted by atomic mass is 10.2. The van der Waals surface area contributed by atoms with Gasteiger partial charge in [-0.15, -0.1) is 0 Å². The zero-order valence-electron chi connectivity index (χ0n) is 12.7. The highest BCUT2D eigenvalue weighted by atomic mass is 16.6. The van der Waals surface area contributed by atoms with E-state index in [1.807, 2.05) is 64.1 Å². The van der Waals surface area contributed by atoms with Crippen molar-refractivity contribution in [2.45, 2.75) is 33.3 Å². The Morgan fingerprint density at radius 1 is 1.10 bits per heavy atom. The summed E-state index contributed by atoms with van der Waals surface area (Å²) < 4.78 is 7.08. The Morgan fingerprint density at radius 3 is 2.52 bits per heavy atom. The number of rotatable bonds is 0. The fourth-order valence-electron chi connectivity index (χ4n) is 2.43. The standard InChI is InChI=1S/C17H18N2O2/c1-11-9-10-13-12-7-5-6-8-14(12)19(15(13)18-11)16(20)21-17(2,3)4/h5-10H,1-4H3. The minimum Gasteiger partial charge on any atom is -0.443 e. The predicted molar refractivity (Wildman–Crippen MR) is 83.6 cm³/mol. The van der Waals surface area contributed by atoms with E-state index in [-0.39, 0.29) is 0 Å². The first-order valence-electron chi connectivity index (χ1n) is 6.97. The maximum Gasteiger partial charge on any atom is 0.420 e. The Bertz CT molecular complexity index is 841. The summed E-state index contributed by atoms with van der Waals surface area (Å²) in [5, 5.41) is 1.97. The number of nitrogens with zero attached hydrogens (tertiary/aromatic N) is 2. The van der Waals surface area contributed by atoms with Gasteiger partial charge in [0.15, 0.2) is 5.65 Å². The van der Waals surface area contributed by atoms with Crippen molar-refractivity contribution in [3.8, 4) is 0 Å². The predicted octanol–water partition coefficient (Wildman–Crippen LogP) is 4.28. The van der Waals surface area contributed by atoms with Crippen molar-refractivity contribution in [1.29, 1.82) is 0 Å². The van der Waals surface area contributed by atoms with Gasteiger partial charge in [0.25, 0.3) is 0 Å². The molecule has 0 radical (unpaired) electrons. The third kappa shape index (κ3) is 2.37. The molecule has 0 aliphatic rings. The zero-order valence-corrected chi connectivity index (χ0v) is 12.7. The summed E-state index contributed by atoms with van der Waals surface area (Å²) in [6.45, 7) is 7.49. The van der Waals surface area contributed by atoms with Crippen LogP contribution in [-0.2, 0) is 4.74 Å². The number of carbonyl (C=O) groups excluding carboxylic acids is 1. The molecule has 0 atom stereocenters. The third-order valence-electron chi connectivity index (χ3n) is 3.24. The van der Waals surface area contributed by atoms with Crippen molar-refractivity contribution in [2.24, 2.45) is 0 Å². The molecule has 0 saturated carbocycles. The van der Waals surface area contributed by atoms with Gasteiger partial charge in [-0.25, -0.2) is 14.3 Å². The number of para-hydroxylation sites is 1. The minimum atomic E-state index is -0.543. The first-order valence-corrected chi connectivity index (χ1v) is 6.97. The second-order valence-electron chi connectivity index (χ2n) is 6.16. The SMILES string of the molecule is Cc1ccc2c3ccccc3n(C(=O)OC(C)(C)C)c2n1. The molecular weight excluding hydrogens is 264 g/mol. The number of ether oxygens (including phenoxy) is 1. The summed E-state index contributed by atoms with van der Waals surface area (Å²) in [5.74, 6) is 0. The highest BCUT2D eigenvalue weighted by molar-refractivity contribution is 6.11. The lowest BCUT2D eigenvalue weighted by Crippen LogP contribution is -2.27. The van der Waals surface area contributed by atoms with Crippen LogP contribution in [0.15, 0.2) is 36.4 Å². The van der Waals surface area contributed by atoms with Crippen molar-refractivity contribution in [3.63, 3.8) is 0 Å². The number of benzene rings is 1. The van der Waals surface area contributed by atoms with E-state index in [4.69, 9.17) is 4.74 Å². The topological polar surface area (TPSA) is 44.1 Å². The molecule has 0 unspecified atom stereocenters. The zero-order chi connectivity index (χ0) is 15.2. The van der Waals surface area contributed by atoms with Crippen molar-refractivity contribution >= 4 is 28.0 Å². The van der Waals surface area contributed by atoms with E-state index >= 15 is 0 Å². The lowest BCUT2D eigenvalue weighted by molar-refractivity contribution is 0.0550. The van der Waals surface area contributed by atoms with Gasteiger partial charge in [0.2, 0.25) is 0 Å². The fourth-order valence-corrected chi connectivity index (χ4v) is 2.43. The Balaban J connectivity index is 2.32. The minimum absolute atomic E-state index is 0.396. The van der Waals surface area contributed by atoms with Crippen LogP contribution < -0.4 is 0 Å². The van der Waals surface area contributed by atoms with Crippen LogP contribution in [0.25, 0.3) is 21.9 Å². The van der Waals surface area contributed by atoms with Crippen LogP contribution in [0, 0.1) is 6.92 Å². The van der Waals surface area contributed by atoms with Crippen LogP contribution in [0.3, 0.4) is 0 Å². The van der Waals surface area contributed by atoms with Gasteiger partial charge in [-0.05, 0) is 45.9 Å². The maximum absolute atomic E-state index is 12.6. The van der Waals surface area contributed by atoms with Gasteiger partial charge in [0.05, 0.1) is 5.52 Å². The van der Waals surface area contributed by atoms with E-state index in [0.717, 1.165) is 22.0 Å². The number of aryl methyl sites for hydroxylation is 1. The van der Waals surface area contributed by atoms with E-state index < -0.39 is 11.7 Å². The first kappa shape index (κ1) is 13.6. The fraction of sp³-hybridized carbons (Fsp3) is 0.294. The molecule has 1 aromatic carbocycles. The molecule has 0 fully saturated rings. The molecule has 0 amide bonds. The van der Waals surface area contributed by atoms with Crippen molar-refractivity contribution in [2.75, 3.05) is 0 Å². The van der Waals surface area contributed by atoms with E-state index in [9.17, 15) is 4.79 Å². The highest BCUT2D eigenvalue weighted by Crippen LogP contribution is 2.28. The average Bonchev–Trinajstić information content (AvgIpc) is 2.70. The second kappa shape index (κ2) is 4.58. The Labute approximate surface area is 123 Å². The monoisotopic (exact) mass is 282 g/mol. The summed E-state index contributed by atoms with van der Waals surface area (Å²) in [6, 6.07) is 11.7. The highest BCUT2D eigenvalue weighted by Gasteiger charge is 2.22. The van der Waals surface area contributed by atoms with E-state index in [2.05, 4.69) is 4.98 Å². The van der Waals surface area contributed by atoms with Crippen LogP contribution in [0.5, 0.6) is 0 Å². The summed E-state index contributed by atoms with van der Waals surface area (Å²) in [4.78, 5) is 17.1. The maximum atomic E-state index is 12.6. The molecule has 21 heavy (non-hydrogen) atoms. The number of pyridine rings is 1. The summed E-state index contributed by atoms with van der Waals surface area (Å²) in [6.07, 6.45) is -0.396. The molecule has 0 spiro atoms. The number of hydrogen-bond acceptors (Lipinski definition) is 3. The first-order chi connectivity index (χ1) is 9.87. The van der Waals surface area contributed by atoms with Gasteiger partial charge in [0, 0.05) is 16.5 Å². The molecule has 0 aliphatic carbocycles. The molecule has 0 bridgehead atoms. The van der Waals surface area contributed by atoms with Crippen molar-refractivity contribution < 1.29 is 9.53 Å². The number of carbonyl (C=O) groups is 1. The van der Waals surface area contributed by atoms with Crippen LogP contribution in [0.1, 0.15) is 26.5 Å². The molecule has 3 rings (SSSR count). The van der Waals surface area contributed by atoms with Gasteiger partial charge in [0.1, 0.15) is 5.60 Å². The number of hydrogen-bond donors (Lipinski definition) is 0. The average molecular weight is 282 g/mol. The molecular formula is C17H18N2O2. The summed E-state index contributed by atoms with van der Waals surface area (Å²) >= 11 is 0. The molecule has 108 valence electrons. The molecule has 0 saturated heterocycles. The summed E-state index contributed by atoms with van der Waals surface area (Å²) in [5.41, 5.74) is 1.79. The molecule has 4 heteroatoms. The molecule has 0 aliphatic heterocycles. The Morgan fingerprint density at radius 2 is 1.81 bits per heavy atom. The van der Waals surface area contributed by atoms with Crippen LogP contribution >= 0.6 is 0 Å². The summed E-state index contributed by atoms with van der Waals surface area (Å²) in [7, 11) is 0. The molecule has 2 aromatic heterocycles. The van der Waals surface area contributed by atoms with E-state index in [1.165, 1.54) is 0 Å². The smallest absolute Gasteiger partial charge is 0.420 e. The van der Waals surface area contributed by atoms with E-state index in [1.54, 1.807) is 4.57 Å².